The number of fused-ring (bicyclic) bond motifs is 3. The Morgan fingerprint density at radius 3 is 3.24 bits per heavy atom. The first-order valence-electron chi connectivity index (χ1n) is 6.32. The predicted octanol–water partition coefficient (Wildman–Crippen LogP) is 2.24. The van der Waals surface area contributed by atoms with E-state index in [-0.39, 0.29) is 0 Å². The molecule has 2 aliphatic rings. The third kappa shape index (κ3) is 1.71. The lowest BCUT2D eigenvalue weighted by atomic mass is 9.94. The molecule has 0 amide bonds. The van der Waals surface area contributed by atoms with Crippen LogP contribution >= 0.6 is 0 Å². The molecule has 0 radical (unpaired) electrons. The monoisotopic (exact) mass is 229 g/mol. The molecule has 0 aromatic carbocycles. The maximum atomic E-state index is 3.74. The Kier molecular flexibility index (Phi) is 2.56. The molecule has 2 heterocycles. The molecular formula is C14H19N3. The van der Waals surface area contributed by atoms with Crippen LogP contribution in [-0.2, 0) is 12.8 Å². The van der Waals surface area contributed by atoms with E-state index in [0.29, 0.717) is 12.2 Å². The van der Waals surface area contributed by atoms with Crippen molar-refractivity contribution in [2.24, 2.45) is 0 Å². The van der Waals surface area contributed by atoms with Gasteiger partial charge in [0.1, 0.15) is 0 Å². The van der Waals surface area contributed by atoms with Crippen molar-refractivity contribution in [2.75, 3.05) is 0 Å². The Balaban J connectivity index is 2.00. The van der Waals surface area contributed by atoms with E-state index >= 15 is 0 Å². The topological polar surface area (TPSA) is 39.9 Å². The molecular weight excluding hydrogens is 210 g/mol. The second kappa shape index (κ2) is 4.08. The SMILES string of the molecule is C=CNC1Cc2c([nH]c3c2C=CCC3)C(C)N1. The molecule has 3 rings (SSSR count). The van der Waals surface area contributed by atoms with Crippen molar-refractivity contribution in [1.82, 2.24) is 15.6 Å². The summed E-state index contributed by atoms with van der Waals surface area (Å²) in [6.45, 7) is 5.95. The summed E-state index contributed by atoms with van der Waals surface area (Å²) in [5, 5.41) is 6.81. The Morgan fingerprint density at radius 1 is 1.53 bits per heavy atom. The number of allylic oxidation sites excluding steroid dienone is 1. The van der Waals surface area contributed by atoms with Crippen LogP contribution in [0.15, 0.2) is 18.9 Å². The first kappa shape index (κ1) is 10.7. The number of aromatic nitrogens is 1. The van der Waals surface area contributed by atoms with Crippen molar-refractivity contribution >= 4 is 6.08 Å². The molecule has 90 valence electrons. The summed E-state index contributed by atoms with van der Waals surface area (Å²) in [6, 6.07) is 0.371. The van der Waals surface area contributed by atoms with Gasteiger partial charge in [-0.25, -0.2) is 0 Å². The van der Waals surface area contributed by atoms with Gasteiger partial charge in [0.05, 0.1) is 6.17 Å². The maximum Gasteiger partial charge on any atom is 0.0810 e. The fourth-order valence-corrected chi connectivity index (χ4v) is 2.95. The van der Waals surface area contributed by atoms with E-state index in [4.69, 9.17) is 0 Å². The van der Waals surface area contributed by atoms with E-state index in [2.05, 4.69) is 41.3 Å². The molecule has 17 heavy (non-hydrogen) atoms. The minimum Gasteiger partial charge on any atom is -0.376 e. The molecule has 2 atom stereocenters. The quantitative estimate of drug-likeness (QED) is 0.728. The largest absolute Gasteiger partial charge is 0.376 e. The van der Waals surface area contributed by atoms with Gasteiger partial charge in [-0.2, -0.15) is 0 Å². The highest BCUT2D eigenvalue weighted by Gasteiger charge is 2.28. The number of rotatable bonds is 2. The summed E-state index contributed by atoms with van der Waals surface area (Å²) in [6.07, 6.45) is 9.93. The van der Waals surface area contributed by atoms with Crippen molar-refractivity contribution in [3.8, 4) is 0 Å². The van der Waals surface area contributed by atoms with Crippen LogP contribution in [0.25, 0.3) is 6.08 Å². The Morgan fingerprint density at radius 2 is 2.41 bits per heavy atom. The average Bonchev–Trinajstić information content (AvgIpc) is 2.69. The van der Waals surface area contributed by atoms with Gasteiger partial charge in [-0.15, -0.1) is 0 Å². The number of nitrogens with one attached hydrogen (secondary N) is 3. The zero-order valence-corrected chi connectivity index (χ0v) is 10.2. The summed E-state index contributed by atoms with van der Waals surface area (Å²) >= 11 is 0. The number of hydrogen-bond acceptors (Lipinski definition) is 2. The van der Waals surface area contributed by atoms with E-state index in [1.54, 1.807) is 6.20 Å². The van der Waals surface area contributed by atoms with Gasteiger partial charge in [-0.3, -0.25) is 5.32 Å². The standard InChI is InChI=1S/C14H19N3/c1-3-15-13-8-11-10-6-4-5-7-12(10)17-14(11)9(2)16-13/h3-4,6,9,13,15-17H,1,5,7-8H2,2H3. The smallest absolute Gasteiger partial charge is 0.0810 e. The lowest BCUT2D eigenvalue weighted by molar-refractivity contribution is 0.387. The molecule has 3 nitrogen and oxygen atoms in total. The van der Waals surface area contributed by atoms with Crippen molar-refractivity contribution in [2.45, 2.75) is 38.4 Å². The fraction of sp³-hybridized carbons (Fsp3) is 0.429. The third-order valence-electron chi connectivity index (χ3n) is 3.72. The highest BCUT2D eigenvalue weighted by atomic mass is 15.1. The number of aromatic amines is 1. The highest BCUT2D eigenvalue weighted by molar-refractivity contribution is 5.61. The molecule has 0 saturated carbocycles. The van der Waals surface area contributed by atoms with E-state index < -0.39 is 0 Å². The summed E-state index contributed by atoms with van der Waals surface area (Å²) in [5.74, 6) is 0. The van der Waals surface area contributed by atoms with Crippen molar-refractivity contribution < 1.29 is 0 Å². The minimum absolute atomic E-state index is 0.297. The number of H-pyrrole nitrogens is 1. The number of hydrogen-bond donors (Lipinski definition) is 3. The van der Waals surface area contributed by atoms with Crippen LogP contribution in [-0.4, -0.2) is 11.1 Å². The molecule has 1 aliphatic carbocycles. The molecule has 0 saturated heterocycles. The van der Waals surface area contributed by atoms with Crippen molar-refractivity contribution in [3.05, 3.63) is 41.4 Å². The van der Waals surface area contributed by atoms with E-state index in [9.17, 15) is 0 Å². The summed E-state index contributed by atoms with van der Waals surface area (Å²) < 4.78 is 0. The first-order chi connectivity index (χ1) is 8.29. The maximum absolute atomic E-state index is 3.74. The molecule has 0 bridgehead atoms. The minimum atomic E-state index is 0.297. The summed E-state index contributed by atoms with van der Waals surface area (Å²) in [5.41, 5.74) is 5.67. The van der Waals surface area contributed by atoms with Crippen LogP contribution in [0.1, 0.15) is 41.9 Å². The highest BCUT2D eigenvalue weighted by Crippen LogP contribution is 2.32. The Hall–Kier alpha value is -1.48. The molecule has 3 N–H and O–H groups in total. The first-order valence-corrected chi connectivity index (χ1v) is 6.32. The predicted molar refractivity (Wildman–Crippen MR) is 70.5 cm³/mol. The van der Waals surface area contributed by atoms with Crippen LogP contribution in [0, 0.1) is 0 Å². The lowest BCUT2D eigenvalue weighted by Crippen LogP contribution is -2.46. The van der Waals surface area contributed by atoms with Gasteiger partial charge in [-0.1, -0.05) is 18.7 Å². The normalized spacial score (nSPS) is 26.2. The number of aryl methyl sites for hydroxylation is 1. The zero-order valence-electron chi connectivity index (χ0n) is 10.2. The molecule has 2 unspecified atom stereocenters. The Bertz CT molecular complexity index is 470. The molecule has 1 aliphatic heterocycles. The summed E-state index contributed by atoms with van der Waals surface area (Å²) in [7, 11) is 0. The van der Waals surface area contributed by atoms with E-state index in [1.807, 2.05) is 0 Å². The molecule has 3 heteroatoms. The second-order valence-corrected chi connectivity index (χ2v) is 4.87. The van der Waals surface area contributed by atoms with Crippen LogP contribution in [0.5, 0.6) is 0 Å². The average molecular weight is 229 g/mol. The van der Waals surface area contributed by atoms with Gasteiger partial charge in [0.15, 0.2) is 0 Å². The van der Waals surface area contributed by atoms with Gasteiger partial charge in [-0.05, 0) is 37.1 Å². The molecule has 1 aromatic rings. The van der Waals surface area contributed by atoms with Crippen LogP contribution in [0.4, 0.5) is 0 Å². The summed E-state index contributed by atoms with van der Waals surface area (Å²) in [4.78, 5) is 3.60. The van der Waals surface area contributed by atoms with Crippen LogP contribution < -0.4 is 10.6 Å². The Labute approximate surface area is 102 Å². The zero-order chi connectivity index (χ0) is 11.8. The van der Waals surface area contributed by atoms with Gasteiger partial charge in [0.25, 0.3) is 0 Å². The lowest BCUT2D eigenvalue weighted by Gasteiger charge is -2.29. The van der Waals surface area contributed by atoms with E-state index in [0.717, 1.165) is 19.3 Å². The van der Waals surface area contributed by atoms with Gasteiger partial charge >= 0.3 is 0 Å². The molecule has 1 aromatic heterocycles. The second-order valence-electron chi connectivity index (χ2n) is 4.87. The van der Waals surface area contributed by atoms with Gasteiger partial charge in [0, 0.05) is 23.9 Å². The van der Waals surface area contributed by atoms with Crippen LogP contribution in [0.2, 0.25) is 0 Å². The third-order valence-corrected chi connectivity index (χ3v) is 3.72. The van der Waals surface area contributed by atoms with Gasteiger partial charge in [0.2, 0.25) is 0 Å². The van der Waals surface area contributed by atoms with Gasteiger partial charge < -0.3 is 10.3 Å². The van der Waals surface area contributed by atoms with E-state index in [1.165, 1.54) is 22.5 Å². The van der Waals surface area contributed by atoms with Crippen LogP contribution in [0.3, 0.4) is 0 Å². The van der Waals surface area contributed by atoms with Crippen molar-refractivity contribution in [3.63, 3.8) is 0 Å². The molecule has 0 fully saturated rings. The van der Waals surface area contributed by atoms with Crippen molar-refractivity contribution in [1.29, 1.82) is 0 Å². The fourth-order valence-electron chi connectivity index (χ4n) is 2.95. The molecule has 0 spiro atoms.